The number of esters is 1. The van der Waals surface area contributed by atoms with Crippen molar-refractivity contribution in [3.05, 3.63) is 89.5 Å². The molecule has 0 bridgehead atoms. The lowest BCUT2D eigenvalue weighted by Crippen LogP contribution is -2.36. The minimum absolute atomic E-state index is 0.0134. The Balaban J connectivity index is 1.38. The largest absolute Gasteiger partial charge is 0.494 e. The van der Waals surface area contributed by atoms with Gasteiger partial charge in [-0.15, -0.1) is 0 Å². The molecular weight excluding hydrogens is 609 g/mol. The van der Waals surface area contributed by atoms with Crippen molar-refractivity contribution in [1.82, 2.24) is 0 Å². The van der Waals surface area contributed by atoms with E-state index in [4.69, 9.17) is 25.7 Å². The Morgan fingerprint density at radius 1 is 0.756 bits per heavy atom. The highest BCUT2D eigenvalue weighted by Gasteiger charge is 2.56. The fraction of sp³-hybridized carbons (Fsp3) is 0.344. The maximum absolute atomic E-state index is 14.7. The van der Waals surface area contributed by atoms with Crippen LogP contribution in [0.4, 0.5) is 42.1 Å². The van der Waals surface area contributed by atoms with Gasteiger partial charge < -0.3 is 25.7 Å². The third-order valence-electron chi connectivity index (χ3n) is 6.55. The summed E-state index contributed by atoms with van der Waals surface area (Å²) in [5.74, 6) is -5.53. The molecule has 45 heavy (non-hydrogen) atoms. The molecule has 3 aromatic carbocycles. The summed E-state index contributed by atoms with van der Waals surface area (Å²) in [4.78, 5) is 12.0. The van der Waals surface area contributed by atoms with Crippen molar-refractivity contribution in [2.45, 2.75) is 56.7 Å². The second-order valence-electron chi connectivity index (χ2n) is 10.1. The van der Waals surface area contributed by atoms with Gasteiger partial charge in [0.1, 0.15) is 11.5 Å². The van der Waals surface area contributed by atoms with Gasteiger partial charge in [0.15, 0.2) is 0 Å². The number of unbranched alkanes of at least 4 members (excludes halogenated alkanes) is 2. The fourth-order valence-electron chi connectivity index (χ4n) is 4.05. The van der Waals surface area contributed by atoms with Crippen molar-refractivity contribution in [3.8, 4) is 11.5 Å². The van der Waals surface area contributed by atoms with Gasteiger partial charge in [-0.1, -0.05) is 18.2 Å². The molecule has 0 heterocycles. The van der Waals surface area contributed by atoms with Gasteiger partial charge >= 0.3 is 24.2 Å². The van der Waals surface area contributed by atoms with E-state index >= 15 is 0 Å². The number of hydrogen-bond donors (Lipinski definition) is 2. The highest BCUT2D eigenvalue weighted by Crippen LogP contribution is 2.39. The summed E-state index contributed by atoms with van der Waals surface area (Å²) < 4.78 is 107. The Morgan fingerprint density at radius 3 is 2.07 bits per heavy atom. The van der Waals surface area contributed by atoms with E-state index < -0.39 is 49.2 Å². The molecule has 4 N–H and O–H groups in total. The maximum atomic E-state index is 14.7. The summed E-state index contributed by atoms with van der Waals surface area (Å²) >= 11 is 0. The molecular formula is C32H33F7N2O4. The van der Waals surface area contributed by atoms with E-state index in [0.29, 0.717) is 23.4 Å². The van der Waals surface area contributed by atoms with Crippen LogP contribution in [0.1, 0.15) is 48.8 Å². The van der Waals surface area contributed by atoms with Gasteiger partial charge in [0, 0.05) is 23.9 Å². The number of alkyl halides is 7. The van der Waals surface area contributed by atoms with Crippen LogP contribution in [0.2, 0.25) is 0 Å². The topological polar surface area (TPSA) is 96.8 Å². The molecule has 0 saturated carbocycles. The van der Waals surface area contributed by atoms with Gasteiger partial charge in [-0.05, 0) is 97.8 Å². The number of aryl methyl sites for hydroxylation is 1. The number of nitrogen functional groups attached to an aromatic ring is 2. The lowest BCUT2D eigenvalue weighted by atomic mass is 10.0. The average Bonchev–Trinajstić information content (AvgIpc) is 2.97. The Morgan fingerprint density at radius 2 is 1.42 bits per heavy atom. The lowest BCUT2D eigenvalue weighted by Gasteiger charge is -2.20. The second-order valence-corrected chi connectivity index (χ2v) is 10.1. The molecule has 0 aliphatic heterocycles. The monoisotopic (exact) mass is 642 g/mol. The summed E-state index contributed by atoms with van der Waals surface area (Å²) in [5, 5.41) is 0. The molecule has 0 fully saturated rings. The molecule has 0 amide bonds. The number of halogens is 7. The molecule has 244 valence electrons. The van der Waals surface area contributed by atoms with Crippen molar-refractivity contribution in [2.75, 3.05) is 24.7 Å². The summed E-state index contributed by atoms with van der Waals surface area (Å²) in [6.07, 6.45) is -5.58. The maximum Gasteiger partial charge on any atom is 0.453 e. The molecule has 0 spiro atoms. The number of carbonyl (C=O) groups is 1. The summed E-state index contributed by atoms with van der Waals surface area (Å²) in [7, 11) is 0. The quantitative estimate of drug-likeness (QED) is 0.0537. The number of ether oxygens (including phenoxy) is 3. The van der Waals surface area contributed by atoms with Crippen LogP contribution in [0.5, 0.6) is 11.5 Å². The van der Waals surface area contributed by atoms with Crippen molar-refractivity contribution in [3.63, 3.8) is 0 Å². The van der Waals surface area contributed by atoms with E-state index in [1.807, 2.05) is 6.07 Å². The van der Waals surface area contributed by atoms with Crippen LogP contribution in [0.3, 0.4) is 0 Å². The van der Waals surface area contributed by atoms with Crippen LogP contribution < -0.4 is 20.9 Å². The van der Waals surface area contributed by atoms with E-state index in [-0.39, 0.29) is 18.1 Å². The van der Waals surface area contributed by atoms with Gasteiger partial charge in [0.2, 0.25) is 0 Å². The molecule has 0 atom stereocenters. The van der Waals surface area contributed by atoms with Crippen LogP contribution in [-0.2, 0) is 22.1 Å². The number of carbonyl (C=O) groups excluding carboxylic acids is 1. The Bertz CT molecular complexity index is 1410. The van der Waals surface area contributed by atoms with Gasteiger partial charge in [0.25, 0.3) is 0 Å². The van der Waals surface area contributed by atoms with Crippen molar-refractivity contribution < 1.29 is 49.7 Å². The first kappa shape index (κ1) is 35.1. The number of benzene rings is 3. The van der Waals surface area contributed by atoms with Crippen LogP contribution in [0.15, 0.2) is 72.8 Å². The molecule has 6 nitrogen and oxygen atoms in total. The number of hydrogen-bond acceptors (Lipinski definition) is 6. The first-order valence-corrected chi connectivity index (χ1v) is 14.0. The second kappa shape index (κ2) is 15.5. The molecule has 0 aliphatic rings. The van der Waals surface area contributed by atoms with E-state index in [1.165, 1.54) is 36.4 Å². The summed E-state index contributed by atoms with van der Waals surface area (Å²) in [6.45, 7) is -0.213. The number of anilines is 2. The summed E-state index contributed by atoms with van der Waals surface area (Å²) in [5.41, 5.74) is 13.9. The van der Waals surface area contributed by atoms with E-state index in [1.54, 1.807) is 12.1 Å². The van der Waals surface area contributed by atoms with Gasteiger partial charge in [-0.2, -0.15) is 30.7 Å². The predicted molar refractivity (Wildman–Crippen MR) is 156 cm³/mol. The molecule has 3 aromatic rings. The number of rotatable bonds is 16. The standard InChI is InChI=1S/C32H33F7N2O4/c33-30(34,32(37,38)39)18-4-20-43-26-15-10-24(11-16-26)31(35,36)45-27-13-6-22(7-14-27)8-17-29(42)44-19-3-1-2-5-23-9-12-25(40)21-28(23)41/h6-17,21H,1-5,18-20,40-41H2/b17-8+. The highest BCUT2D eigenvalue weighted by atomic mass is 19.4. The van der Waals surface area contributed by atoms with E-state index in [0.717, 1.165) is 49.1 Å². The van der Waals surface area contributed by atoms with Gasteiger partial charge in [-0.3, -0.25) is 0 Å². The van der Waals surface area contributed by atoms with Crippen molar-refractivity contribution in [2.24, 2.45) is 0 Å². The zero-order valence-electron chi connectivity index (χ0n) is 24.1. The molecule has 0 unspecified atom stereocenters. The Kier molecular flexibility index (Phi) is 12.1. The predicted octanol–water partition coefficient (Wildman–Crippen LogP) is 8.31. The first-order valence-electron chi connectivity index (χ1n) is 14.0. The van der Waals surface area contributed by atoms with Crippen LogP contribution in [-0.4, -0.2) is 31.3 Å². The first-order chi connectivity index (χ1) is 21.2. The third-order valence-corrected chi connectivity index (χ3v) is 6.55. The fourth-order valence-corrected chi connectivity index (χ4v) is 4.05. The smallest absolute Gasteiger partial charge is 0.453 e. The summed E-state index contributed by atoms with van der Waals surface area (Å²) in [6, 6.07) is 15.2. The van der Waals surface area contributed by atoms with E-state index in [2.05, 4.69) is 0 Å². The van der Waals surface area contributed by atoms with Crippen molar-refractivity contribution in [1.29, 1.82) is 0 Å². The van der Waals surface area contributed by atoms with E-state index in [9.17, 15) is 35.5 Å². The molecule has 0 aliphatic carbocycles. The van der Waals surface area contributed by atoms with Crippen molar-refractivity contribution >= 4 is 23.4 Å². The van der Waals surface area contributed by atoms with Crippen LogP contribution >= 0.6 is 0 Å². The lowest BCUT2D eigenvalue weighted by molar-refractivity contribution is -0.284. The molecule has 0 aromatic heterocycles. The average molecular weight is 643 g/mol. The van der Waals surface area contributed by atoms with Crippen LogP contribution in [0.25, 0.3) is 6.08 Å². The zero-order chi connectivity index (χ0) is 33.1. The minimum Gasteiger partial charge on any atom is -0.494 e. The Labute approximate surface area is 255 Å². The third kappa shape index (κ3) is 11.2. The SMILES string of the molecule is Nc1ccc(CCCCCOC(=O)/C=C/c2ccc(OC(F)(F)c3ccc(OCCCC(F)(F)C(F)(F)F)cc3)cc2)c(N)c1. The zero-order valence-corrected chi connectivity index (χ0v) is 24.1. The van der Waals surface area contributed by atoms with Crippen LogP contribution in [0, 0.1) is 0 Å². The molecule has 3 rings (SSSR count). The normalized spacial score (nSPS) is 12.3. The highest BCUT2D eigenvalue weighted by molar-refractivity contribution is 5.87. The van der Waals surface area contributed by atoms with Gasteiger partial charge in [-0.25, -0.2) is 4.79 Å². The number of nitrogens with two attached hydrogens (primary N) is 2. The molecule has 0 saturated heterocycles. The Hall–Kier alpha value is -4.42. The molecule has 0 radical (unpaired) electrons. The molecule has 13 heteroatoms. The van der Waals surface area contributed by atoms with Gasteiger partial charge in [0.05, 0.1) is 18.8 Å². The minimum atomic E-state index is -5.65.